The number of rotatable bonds is 4. The molecule has 2 aromatic heterocycles. The number of nitrogens with one attached hydrogen (secondary N) is 1. The fraction of sp³-hybridized carbons (Fsp3) is 0.208. The lowest BCUT2D eigenvalue weighted by molar-refractivity contribution is 0.0963. The second kappa shape index (κ2) is 7.51. The molecule has 0 aliphatic rings. The summed E-state index contributed by atoms with van der Waals surface area (Å²) in [6.45, 7) is 7.10. The third-order valence-corrected chi connectivity index (χ3v) is 5.29. The van der Waals surface area contributed by atoms with Crippen molar-refractivity contribution >= 4 is 16.9 Å². The zero-order valence-electron chi connectivity index (χ0n) is 17.2. The number of benzene rings is 2. The van der Waals surface area contributed by atoms with Gasteiger partial charge in [0.15, 0.2) is 0 Å². The maximum absolute atomic E-state index is 12.0. The number of aromatic nitrogens is 3. The molecule has 4 rings (SSSR count). The predicted octanol–water partition coefficient (Wildman–Crippen LogP) is 5.01. The lowest BCUT2D eigenvalue weighted by Gasteiger charge is -2.13. The summed E-state index contributed by atoms with van der Waals surface area (Å²) >= 11 is 0. The molecular weight excluding hydrogens is 360 g/mol. The van der Waals surface area contributed by atoms with Crippen LogP contribution in [0.15, 0.2) is 54.9 Å². The first kappa shape index (κ1) is 18.9. The molecule has 1 N–H and O–H groups in total. The Labute approximate surface area is 171 Å². The highest BCUT2D eigenvalue weighted by Crippen LogP contribution is 2.35. The van der Waals surface area contributed by atoms with E-state index in [2.05, 4.69) is 53.8 Å². The van der Waals surface area contributed by atoms with Gasteiger partial charge in [0, 0.05) is 38.5 Å². The van der Waals surface area contributed by atoms with Crippen LogP contribution in [0.1, 0.15) is 29.8 Å². The molecule has 0 aliphatic carbocycles. The highest BCUT2D eigenvalue weighted by atomic mass is 16.1. The number of pyridine rings is 1. The molecule has 1 amide bonds. The minimum Gasteiger partial charge on any atom is -0.355 e. The van der Waals surface area contributed by atoms with Gasteiger partial charge < -0.3 is 9.88 Å². The molecule has 5 heteroatoms. The van der Waals surface area contributed by atoms with Crippen molar-refractivity contribution in [3.8, 4) is 22.5 Å². The van der Waals surface area contributed by atoms with Gasteiger partial charge >= 0.3 is 0 Å². The van der Waals surface area contributed by atoms with Crippen LogP contribution >= 0.6 is 0 Å². The zero-order chi connectivity index (χ0) is 20.5. The number of imidazole rings is 1. The Kier molecular flexibility index (Phi) is 4.89. The first-order valence-corrected chi connectivity index (χ1v) is 9.78. The molecule has 0 atom stereocenters. The summed E-state index contributed by atoms with van der Waals surface area (Å²) in [5, 5.41) is 2.67. The SMILES string of the molecule is CCn1c(-c2cnccc2-c2ccc(C)cc2C)nc2cc(C(=O)NC)ccc21.[HH]. The maximum atomic E-state index is 12.0. The van der Waals surface area contributed by atoms with Gasteiger partial charge in [0.05, 0.1) is 11.0 Å². The summed E-state index contributed by atoms with van der Waals surface area (Å²) in [6, 6.07) is 14.2. The second-order valence-corrected chi connectivity index (χ2v) is 7.20. The van der Waals surface area contributed by atoms with E-state index in [0.29, 0.717) is 5.56 Å². The third-order valence-electron chi connectivity index (χ3n) is 5.29. The fourth-order valence-electron chi connectivity index (χ4n) is 3.86. The standard InChI is InChI=1S/C24H24N4O.H2/c1-5-28-22-9-7-17(24(29)25-4)13-21(22)27-23(28)20-14-26-11-10-19(20)18-8-6-15(2)12-16(18)3;/h6-14H,5H2,1-4H3,(H,25,29);1H. The molecule has 0 aliphatic heterocycles. The molecule has 0 spiro atoms. The van der Waals surface area contributed by atoms with Crippen molar-refractivity contribution in [2.45, 2.75) is 27.3 Å². The molecular formula is C24H26N4O. The second-order valence-electron chi connectivity index (χ2n) is 7.20. The van der Waals surface area contributed by atoms with Gasteiger partial charge in [0.2, 0.25) is 0 Å². The Morgan fingerprint density at radius 3 is 2.62 bits per heavy atom. The van der Waals surface area contributed by atoms with Crippen LogP contribution in [0.2, 0.25) is 0 Å². The molecule has 0 fully saturated rings. The summed E-state index contributed by atoms with van der Waals surface area (Å²) in [4.78, 5) is 21.3. The minimum absolute atomic E-state index is 0. The van der Waals surface area contributed by atoms with Crippen molar-refractivity contribution in [2.24, 2.45) is 0 Å². The summed E-state index contributed by atoms with van der Waals surface area (Å²) in [7, 11) is 1.63. The summed E-state index contributed by atoms with van der Waals surface area (Å²) < 4.78 is 2.17. The zero-order valence-corrected chi connectivity index (χ0v) is 17.2. The van der Waals surface area contributed by atoms with Crippen LogP contribution in [0.5, 0.6) is 0 Å². The quantitative estimate of drug-likeness (QED) is 0.536. The molecule has 5 nitrogen and oxygen atoms in total. The van der Waals surface area contributed by atoms with Crippen LogP contribution < -0.4 is 5.32 Å². The average molecular weight is 386 g/mol. The van der Waals surface area contributed by atoms with Gasteiger partial charge in [-0.25, -0.2) is 4.98 Å². The molecule has 0 saturated heterocycles. The van der Waals surface area contributed by atoms with Crippen molar-refractivity contribution in [2.75, 3.05) is 7.05 Å². The van der Waals surface area contributed by atoms with Gasteiger partial charge in [-0.2, -0.15) is 0 Å². The van der Waals surface area contributed by atoms with Gasteiger partial charge in [-0.3, -0.25) is 9.78 Å². The van der Waals surface area contributed by atoms with Gasteiger partial charge in [-0.05, 0) is 61.7 Å². The molecule has 0 unspecified atom stereocenters. The van der Waals surface area contributed by atoms with E-state index < -0.39 is 0 Å². The number of aryl methyl sites for hydroxylation is 3. The van der Waals surface area contributed by atoms with Crippen molar-refractivity contribution in [1.82, 2.24) is 19.9 Å². The van der Waals surface area contributed by atoms with E-state index in [9.17, 15) is 4.79 Å². The molecule has 148 valence electrons. The van der Waals surface area contributed by atoms with E-state index in [-0.39, 0.29) is 7.33 Å². The lowest BCUT2D eigenvalue weighted by atomic mass is 9.96. The number of nitrogens with zero attached hydrogens (tertiary/aromatic N) is 3. The summed E-state index contributed by atoms with van der Waals surface area (Å²) in [5.74, 6) is 0.747. The van der Waals surface area contributed by atoms with Crippen LogP contribution in [0.4, 0.5) is 0 Å². The Hall–Kier alpha value is -3.47. The molecule has 2 aromatic carbocycles. The van der Waals surface area contributed by atoms with E-state index in [4.69, 9.17) is 4.98 Å². The van der Waals surface area contributed by atoms with Crippen molar-refractivity contribution in [1.29, 1.82) is 0 Å². The van der Waals surface area contributed by atoms with E-state index in [1.807, 2.05) is 36.7 Å². The molecule has 0 bridgehead atoms. The Bertz CT molecular complexity index is 1230. The van der Waals surface area contributed by atoms with Crippen LogP contribution in [-0.4, -0.2) is 27.5 Å². The van der Waals surface area contributed by atoms with E-state index >= 15 is 0 Å². The summed E-state index contributed by atoms with van der Waals surface area (Å²) in [5.41, 5.74) is 8.14. The van der Waals surface area contributed by atoms with Crippen LogP contribution in [0.25, 0.3) is 33.5 Å². The molecule has 29 heavy (non-hydrogen) atoms. The van der Waals surface area contributed by atoms with Crippen molar-refractivity contribution in [3.63, 3.8) is 0 Å². The van der Waals surface area contributed by atoms with Gasteiger partial charge in [0.25, 0.3) is 5.91 Å². The highest BCUT2D eigenvalue weighted by Gasteiger charge is 2.18. The molecule has 0 saturated carbocycles. The molecule has 4 aromatic rings. The number of hydrogen-bond acceptors (Lipinski definition) is 3. The van der Waals surface area contributed by atoms with Crippen LogP contribution in [0, 0.1) is 13.8 Å². The normalized spacial score (nSPS) is 11.0. The topological polar surface area (TPSA) is 59.8 Å². The third kappa shape index (κ3) is 3.29. The molecule has 0 radical (unpaired) electrons. The highest BCUT2D eigenvalue weighted by molar-refractivity contribution is 5.98. The fourth-order valence-corrected chi connectivity index (χ4v) is 3.86. The number of amides is 1. The first-order chi connectivity index (χ1) is 14.0. The van der Waals surface area contributed by atoms with E-state index in [1.54, 1.807) is 7.05 Å². The lowest BCUT2D eigenvalue weighted by Crippen LogP contribution is -2.17. The minimum atomic E-state index is -0.114. The summed E-state index contributed by atoms with van der Waals surface area (Å²) in [6.07, 6.45) is 3.70. The largest absolute Gasteiger partial charge is 0.355 e. The van der Waals surface area contributed by atoms with Crippen LogP contribution in [0.3, 0.4) is 0 Å². The number of carbonyl (C=O) groups is 1. The van der Waals surface area contributed by atoms with Gasteiger partial charge in [-0.1, -0.05) is 23.8 Å². The van der Waals surface area contributed by atoms with Crippen molar-refractivity contribution < 1.29 is 6.22 Å². The molecule has 2 heterocycles. The number of carbonyl (C=O) groups excluding carboxylic acids is 1. The van der Waals surface area contributed by atoms with Crippen molar-refractivity contribution in [3.05, 3.63) is 71.5 Å². The van der Waals surface area contributed by atoms with Gasteiger partial charge in [0.1, 0.15) is 5.82 Å². The van der Waals surface area contributed by atoms with Gasteiger partial charge in [-0.15, -0.1) is 0 Å². The number of fused-ring (bicyclic) bond motifs is 1. The maximum Gasteiger partial charge on any atom is 0.251 e. The smallest absolute Gasteiger partial charge is 0.251 e. The van der Waals surface area contributed by atoms with E-state index in [0.717, 1.165) is 34.5 Å². The number of hydrogen-bond donors (Lipinski definition) is 1. The average Bonchev–Trinajstić information content (AvgIpc) is 3.10. The Morgan fingerprint density at radius 1 is 1.07 bits per heavy atom. The first-order valence-electron chi connectivity index (χ1n) is 9.78. The van der Waals surface area contributed by atoms with E-state index in [1.165, 1.54) is 16.7 Å². The Balaban J connectivity index is 0.00000256. The Morgan fingerprint density at radius 2 is 1.90 bits per heavy atom. The monoisotopic (exact) mass is 386 g/mol. The van der Waals surface area contributed by atoms with Crippen LogP contribution in [-0.2, 0) is 6.54 Å². The predicted molar refractivity (Wildman–Crippen MR) is 119 cm³/mol.